The Morgan fingerprint density at radius 2 is 2.05 bits per heavy atom. The van der Waals surface area contributed by atoms with E-state index in [1.54, 1.807) is 19.1 Å². The normalized spacial score (nSPS) is 16.1. The summed E-state index contributed by atoms with van der Waals surface area (Å²) >= 11 is 0. The maximum absolute atomic E-state index is 13.2. The van der Waals surface area contributed by atoms with E-state index in [4.69, 9.17) is 0 Å². The second-order valence-corrected chi connectivity index (χ2v) is 5.65. The van der Waals surface area contributed by atoms with Gasteiger partial charge in [-0.05, 0) is 44.4 Å². The lowest BCUT2D eigenvalue weighted by Crippen LogP contribution is -2.59. The van der Waals surface area contributed by atoms with E-state index in [2.05, 4.69) is 10.3 Å². The standard InChI is InChI=1S/C16H15FN2O3/c1-9-12(7-10-3-4-11(17)8-13(10)18-9)14(20)19-16(15(21)22)5-2-6-16/h3-4,7-8H,2,5-6H2,1H3,(H,19,20)(H,21,22). The molecule has 1 amide bonds. The van der Waals surface area contributed by atoms with Crippen molar-refractivity contribution in [2.75, 3.05) is 0 Å². The first-order valence-corrected chi connectivity index (χ1v) is 7.04. The maximum atomic E-state index is 13.2. The molecule has 0 unspecified atom stereocenters. The fourth-order valence-electron chi connectivity index (χ4n) is 2.67. The highest BCUT2D eigenvalue weighted by molar-refractivity contribution is 6.01. The van der Waals surface area contributed by atoms with Gasteiger partial charge in [-0.25, -0.2) is 9.18 Å². The number of carbonyl (C=O) groups is 2. The lowest BCUT2D eigenvalue weighted by Gasteiger charge is -2.38. The van der Waals surface area contributed by atoms with E-state index < -0.39 is 23.2 Å². The number of hydrogen-bond donors (Lipinski definition) is 2. The van der Waals surface area contributed by atoms with E-state index in [0.29, 0.717) is 35.0 Å². The number of carboxylic acid groups (broad SMARTS) is 1. The van der Waals surface area contributed by atoms with Crippen molar-refractivity contribution in [1.82, 2.24) is 10.3 Å². The Hall–Kier alpha value is -2.50. The van der Waals surface area contributed by atoms with Crippen molar-refractivity contribution >= 4 is 22.8 Å². The Kier molecular flexibility index (Phi) is 3.31. The number of aromatic nitrogens is 1. The van der Waals surface area contributed by atoms with Crippen LogP contribution in [0, 0.1) is 12.7 Å². The Bertz CT molecular complexity index is 784. The molecule has 0 radical (unpaired) electrons. The molecule has 114 valence electrons. The highest BCUT2D eigenvalue weighted by atomic mass is 19.1. The van der Waals surface area contributed by atoms with Crippen LogP contribution in [-0.2, 0) is 4.79 Å². The molecule has 22 heavy (non-hydrogen) atoms. The molecule has 1 fully saturated rings. The van der Waals surface area contributed by atoms with Crippen LogP contribution in [0.15, 0.2) is 24.3 Å². The van der Waals surface area contributed by atoms with Crippen LogP contribution >= 0.6 is 0 Å². The number of aryl methyl sites for hydroxylation is 1. The molecule has 1 aromatic carbocycles. The van der Waals surface area contributed by atoms with E-state index in [0.717, 1.165) is 6.42 Å². The molecule has 0 aliphatic heterocycles. The van der Waals surface area contributed by atoms with E-state index in [1.165, 1.54) is 12.1 Å². The summed E-state index contributed by atoms with van der Waals surface area (Å²) in [5.74, 6) is -1.87. The number of nitrogens with one attached hydrogen (secondary N) is 1. The molecule has 5 nitrogen and oxygen atoms in total. The average Bonchev–Trinajstić information content (AvgIpc) is 2.41. The fraction of sp³-hybridized carbons (Fsp3) is 0.312. The quantitative estimate of drug-likeness (QED) is 0.912. The first kappa shape index (κ1) is 14.4. The Labute approximate surface area is 126 Å². The van der Waals surface area contributed by atoms with Gasteiger partial charge < -0.3 is 10.4 Å². The molecule has 2 aromatic rings. The molecule has 1 heterocycles. The minimum atomic E-state index is -1.17. The van der Waals surface area contributed by atoms with Crippen LogP contribution in [0.4, 0.5) is 4.39 Å². The molecule has 6 heteroatoms. The molecule has 1 aliphatic rings. The molecular formula is C16H15FN2O3. The summed E-state index contributed by atoms with van der Waals surface area (Å²) in [7, 11) is 0. The van der Waals surface area contributed by atoms with Gasteiger partial charge in [0.15, 0.2) is 0 Å². The third-order valence-electron chi connectivity index (χ3n) is 4.18. The SMILES string of the molecule is Cc1nc2cc(F)ccc2cc1C(=O)NC1(C(=O)O)CCC1. The summed E-state index contributed by atoms with van der Waals surface area (Å²) in [4.78, 5) is 28.0. The third kappa shape index (κ3) is 2.30. The van der Waals surface area contributed by atoms with Gasteiger partial charge in [-0.3, -0.25) is 9.78 Å². The average molecular weight is 302 g/mol. The molecule has 0 saturated heterocycles. The predicted octanol–water partition coefficient (Wildman–Crippen LogP) is 2.42. The zero-order valence-electron chi connectivity index (χ0n) is 12.0. The highest BCUT2D eigenvalue weighted by Gasteiger charge is 2.45. The third-order valence-corrected chi connectivity index (χ3v) is 4.18. The van der Waals surface area contributed by atoms with Crippen LogP contribution in [0.5, 0.6) is 0 Å². The molecule has 1 aromatic heterocycles. The van der Waals surface area contributed by atoms with Crippen LogP contribution in [-0.4, -0.2) is 27.5 Å². The monoisotopic (exact) mass is 302 g/mol. The van der Waals surface area contributed by atoms with E-state index in [9.17, 15) is 19.1 Å². The van der Waals surface area contributed by atoms with E-state index in [-0.39, 0.29) is 0 Å². The number of halogens is 1. The number of amides is 1. The summed E-state index contributed by atoms with van der Waals surface area (Å²) < 4.78 is 13.2. The molecule has 1 saturated carbocycles. The zero-order valence-corrected chi connectivity index (χ0v) is 12.0. The first-order valence-electron chi connectivity index (χ1n) is 7.04. The summed E-state index contributed by atoms with van der Waals surface area (Å²) in [6, 6.07) is 5.76. The van der Waals surface area contributed by atoms with Crippen molar-refractivity contribution in [3.8, 4) is 0 Å². The van der Waals surface area contributed by atoms with Crippen molar-refractivity contribution < 1.29 is 19.1 Å². The number of pyridine rings is 1. The van der Waals surface area contributed by atoms with Crippen molar-refractivity contribution in [3.63, 3.8) is 0 Å². The van der Waals surface area contributed by atoms with Gasteiger partial charge >= 0.3 is 5.97 Å². The number of nitrogens with zero attached hydrogens (tertiary/aromatic N) is 1. The number of carboxylic acids is 1. The topological polar surface area (TPSA) is 79.3 Å². The minimum Gasteiger partial charge on any atom is -0.480 e. The van der Waals surface area contributed by atoms with Gasteiger partial charge in [-0.15, -0.1) is 0 Å². The van der Waals surface area contributed by atoms with Crippen molar-refractivity contribution in [1.29, 1.82) is 0 Å². The second-order valence-electron chi connectivity index (χ2n) is 5.65. The van der Waals surface area contributed by atoms with E-state index in [1.807, 2.05) is 0 Å². The lowest BCUT2D eigenvalue weighted by molar-refractivity contribution is -0.148. The van der Waals surface area contributed by atoms with Crippen LogP contribution in [0.3, 0.4) is 0 Å². The number of aliphatic carboxylic acids is 1. The van der Waals surface area contributed by atoms with Crippen LogP contribution in [0.1, 0.15) is 35.3 Å². The van der Waals surface area contributed by atoms with Gasteiger partial charge in [0, 0.05) is 11.5 Å². The molecule has 0 atom stereocenters. The lowest BCUT2D eigenvalue weighted by atomic mass is 9.76. The second kappa shape index (κ2) is 5.05. The number of carbonyl (C=O) groups excluding carboxylic acids is 1. The molecule has 0 bridgehead atoms. The molecule has 2 N–H and O–H groups in total. The van der Waals surface area contributed by atoms with Gasteiger partial charge in [0.1, 0.15) is 11.4 Å². The molecule has 1 aliphatic carbocycles. The summed E-state index contributed by atoms with van der Waals surface area (Å²) in [6.45, 7) is 1.65. The number of hydrogen-bond acceptors (Lipinski definition) is 3. The number of rotatable bonds is 3. The maximum Gasteiger partial charge on any atom is 0.329 e. The van der Waals surface area contributed by atoms with Crippen LogP contribution in [0.25, 0.3) is 10.9 Å². The van der Waals surface area contributed by atoms with Gasteiger partial charge in [0.25, 0.3) is 5.91 Å². The van der Waals surface area contributed by atoms with Crippen molar-refractivity contribution in [2.45, 2.75) is 31.7 Å². The fourth-order valence-corrected chi connectivity index (χ4v) is 2.67. The summed E-state index contributed by atoms with van der Waals surface area (Å²) in [5, 5.41) is 12.5. The highest BCUT2D eigenvalue weighted by Crippen LogP contribution is 2.32. The van der Waals surface area contributed by atoms with Crippen LogP contribution < -0.4 is 5.32 Å². The molecular weight excluding hydrogens is 287 g/mol. The first-order chi connectivity index (χ1) is 10.4. The Morgan fingerprint density at radius 3 is 2.64 bits per heavy atom. The Morgan fingerprint density at radius 1 is 1.32 bits per heavy atom. The molecule has 3 rings (SSSR count). The minimum absolute atomic E-state index is 0.312. The smallest absolute Gasteiger partial charge is 0.329 e. The van der Waals surface area contributed by atoms with Gasteiger partial charge in [0.05, 0.1) is 16.8 Å². The van der Waals surface area contributed by atoms with Gasteiger partial charge in [-0.1, -0.05) is 0 Å². The summed E-state index contributed by atoms with van der Waals surface area (Å²) in [6.07, 6.45) is 1.64. The zero-order chi connectivity index (χ0) is 15.9. The number of fused-ring (bicyclic) bond motifs is 1. The Balaban J connectivity index is 1.95. The molecule has 0 spiro atoms. The number of benzene rings is 1. The largest absolute Gasteiger partial charge is 0.480 e. The summed E-state index contributed by atoms with van der Waals surface area (Å²) in [5.41, 5.74) is 0.0501. The van der Waals surface area contributed by atoms with Gasteiger partial charge in [0.2, 0.25) is 0 Å². The van der Waals surface area contributed by atoms with Crippen LogP contribution in [0.2, 0.25) is 0 Å². The van der Waals surface area contributed by atoms with Crippen molar-refractivity contribution in [2.24, 2.45) is 0 Å². The predicted molar refractivity (Wildman–Crippen MR) is 78.1 cm³/mol. The van der Waals surface area contributed by atoms with E-state index >= 15 is 0 Å². The van der Waals surface area contributed by atoms with Gasteiger partial charge in [-0.2, -0.15) is 0 Å². The van der Waals surface area contributed by atoms with Crippen molar-refractivity contribution in [3.05, 3.63) is 41.3 Å².